The molecule has 16 heteroatoms. The molecule has 266 valence electrons. The highest BCUT2D eigenvalue weighted by atomic mass is 32.2. The molecule has 0 bridgehead atoms. The first-order valence-corrected chi connectivity index (χ1v) is 18.1. The first-order valence-electron chi connectivity index (χ1n) is 15.2. The molecule has 14 nitrogen and oxygen atoms in total. The number of rotatable bonds is 13. The van der Waals surface area contributed by atoms with Gasteiger partial charge in [0.25, 0.3) is 21.8 Å². The Balaban J connectivity index is 0.000000274. The van der Waals surface area contributed by atoms with Gasteiger partial charge in [-0.25, -0.2) is 27.8 Å². The second kappa shape index (κ2) is 19.4. The average Bonchev–Trinajstić information content (AvgIpc) is 3.65. The van der Waals surface area contributed by atoms with E-state index in [1.165, 1.54) is 35.2 Å². The molecule has 2 atom stereocenters. The van der Waals surface area contributed by atoms with Gasteiger partial charge < -0.3 is 4.74 Å². The van der Waals surface area contributed by atoms with E-state index in [1.807, 2.05) is 0 Å². The summed E-state index contributed by atoms with van der Waals surface area (Å²) in [4.78, 5) is 29.3. The Kier molecular flexibility index (Phi) is 15.4. The summed E-state index contributed by atoms with van der Waals surface area (Å²) < 4.78 is 58.5. The lowest BCUT2D eigenvalue weighted by molar-refractivity contribution is -0.150. The molecule has 1 aliphatic rings. The van der Waals surface area contributed by atoms with Crippen LogP contribution < -0.4 is 15.7 Å². The molecule has 0 radical (unpaired) electrons. The van der Waals surface area contributed by atoms with E-state index in [-0.39, 0.29) is 36.0 Å². The van der Waals surface area contributed by atoms with Gasteiger partial charge >= 0.3 is 0 Å². The SMILES string of the molecule is CC#CCON(C(Cc1ccccc1)C(=O)NO)S(=O)(=O)c1ccccc1.CC#CCOc1ccc(S(=O)(=O)N2CCCC2C(=O)NO)cc1. The number of hydrogen-bond donors (Lipinski definition) is 4. The lowest BCUT2D eigenvalue weighted by Gasteiger charge is -2.28. The van der Waals surface area contributed by atoms with E-state index in [0.717, 1.165) is 4.31 Å². The summed E-state index contributed by atoms with van der Waals surface area (Å²) in [6, 6.07) is 20.1. The third-order valence-corrected chi connectivity index (χ3v) is 10.8. The van der Waals surface area contributed by atoms with Gasteiger partial charge in [-0.2, -0.15) is 4.31 Å². The number of hydroxylamine groups is 3. The number of nitrogens with zero attached hydrogens (tertiary/aromatic N) is 2. The number of amides is 2. The zero-order valence-electron chi connectivity index (χ0n) is 27.4. The maximum absolute atomic E-state index is 13.1. The van der Waals surface area contributed by atoms with Crippen molar-refractivity contribution >= 4 is 31.9 Å². The van der Waals surface area contributed by atoms with Gasteiger partial charge in [0.05, 0.1) is 9.79 Å². The second-order valence-corrected chi connectivity index (χ2v) is 14.1. The summed E-state index contributed by atoms with van der Waals surface area (Å²) in [5, 5.41) is 17.9. The maximum atomic E-state index is 13.1. The van der Waals surface area contributed by atoms with Gasteiger partial charge in [0.2, 0.25) is 10.0 Å². The number of nitrogens with one attached hydrogen (secondary N) is 2. The normalized spacial score (nSPS) is 14.9. The Morgan fingerprint density at radius 1 is 0.860 bits per heavy atom. The molecule has 1 aliphatic heterocycles. The molecule has 50 heavy (non-hydrogen) atoms. The van der Waals surface area contributed by atoms with Crippen molar-refractivity contribution in [3.05, 3.63) is 90.5 Å². The van der Waals surface area contributed by atoms with Crippen LogP contribution in [0, 0.1) is 23.7 Å². The smallest absolute Gasteiger partial charge is 0.265 e. The molecule has 1 fully saturated rings. The molecule has 0 spiro atoms. The third kappa shape index (κ3) is 10.6. The van der Waals surface area contributed by atoms with E-state index in [2.05, 4.69) is 23.7 Å². The zero-order valence-corrected chi connectivity index (χ0v) is 29.0. The van der Waals surface area contributed by atoms with Crippen molar-refractivity contribution in [3.8, 4) is 29.4 Å². The quantitative estimate of drug-likeness (QED) is 0.116. The summed E-state index contributed by atoms with van der Waals surface area (Å²) in [5.41, 5.74) is 3.74. The zero-order chi connectivity index (χ0) is 36.6. The molecule has 0 aliphatic carbocycles. The van der Waals surface area contributed by atoms with Crippen LogP contribution in [0.25, 0.3) is 0 Å². The summed E-state index contributed by atoms with van der Waals surface area (Å²) in [5.74, 6) is 9.52. The van der Waals surface area contributed by atoms with Crippen molar-refractivity contribution in [1.29, 1.82) is 0 Å². The molecule has 4 rings (SSSR count). The highest BCUT2D eigenvalue weighted by Crippen LogP contribution is 2.27. The number of hydrogen-bond acceptors (Lipinski definition) is 10. The Bertz CT molecular complexity index is 1900. The van der Waals surface area contributed by atoms with Crippen molar-refractivity contribution < 1.29 is 46.4 Å². The van der Waals surface area contributed by atoms with Gasteiger partial charge in [0.15, 0.2) is 0 Å². The highest BCUT2D eigenvalue weighted by Gasteiger charge is 2.40. The molecule has 0 aromatic heterocycles. The molecule has 1 heterocycles. The molecule has 2 unspecified atom stereocenters. The molecule has 3 aromatic rings. The van der Waals surface area contributed by atoms with Crippen LogP contribution in [0.3, 0.4) is 0 Å². The number of ether oxygens (including phenoxy) is 1. The molecular formula is C34H38N4O10S2. The second-order valence-electron chi connectivity index (χ2n) is 10.4. The number of sulfonamides is 2. The minimum atomic E-state index is -4.18. The van der Waals surface area contributed by atoms with Gasteiger partial charge in [-0.05, 0) is 68.7 Å². The third-order valence-electron chi connectivity index (χ3n) is 7.19. The van der Waals surface area contributed by atoms with Crippen LogP contribution in [0.5, 0.6) is 5.75 Å². The molecular weight excluding hydrogens is 689 g/mol. The van der Waals surface area contributed by atoms with E-state index in [4.69, 9.17) is 20.0 Å². The fourth-order valence-electron chi connectivity index (χ4n) is 4.77. The minimum absolute atomic E-state index is 0.00114. The minimum Gasteiger partial charge on any atom is -0.481 e. The monoisotopic (exact) mass is 726 g/mol. The molecule has 3 aromatic carbocycles. The molecule has 0 saturated carbocycles. The van der Waals surface area contributed by atoms with Crippen molar-refractivity contribution in [2.24, 2.45) is 0 Å². The Hall–Kier alpha value is -4.78. The number of carbonyl (C=O) groups is 2. The number of benzene rings is 3. The van der Waals surface area contributed by atoms with Crippen LogP contribution >= 0.6 is 0 Å². The fraction of sp³-hybridized carbons (Fsp3) is 0.294. The van der Waals surface area contributed by atoms with Gasteiger partial charge in [-0.3, -0.25) is 24.8 Å². The van der Waals surface area contributed by atoms with E-state index >= 15 is 0 Å². The van der Waals surface area contributed by atoms with E-state index in [9.17, 15) is 26.4 Å². The topological polar surface area (TPSA) is 192 Å². The highest BCUT2D eigenvalue weighted by molar-refractivity contribution is 7.89. The van der Waals surface area contributed by atoms with Crippen LogP contribution in [-0.2, 0) is 40.9 Å². The average molecular weight is 727 g/mol. The summed E-state index contributed by atoms with van der Waals surface area (Å²) in [7, 11) is -7.99. The predicted octanol–water partition coefficient (Wildman–Crippen LogP) is 2.50. The summed E-state index contributed by atoms with van der Waals surface area (Å²) >= 11 is 0. The van der Waals surface area contributed by atoms with E-state index < -0.39 is 43.9 Å². The van der Waals surface area contributed by atoms with Crippen LogP contribution in [0.2, 0.25) is 0 Å². The molecule has 2 amide bonds. The maximum Gasteiger partial charge on any atom is 0.265 e. The summed E-state index contributed by atoms with van der Waals surface area (Å²) in [6.45, 7) is 3.53. The summed E-state index contributed by atoms with van der Waals surface area (Å²) in [6.07, 6.45) is 0.940. The largest absolute Gasteiger partial charge is 0.481 e. The fourth-order valence-corrected chi connectivity index (χ4v) is 7.83. The van der Waals surface area contributed by atoms with Gasteiger partial charge in [0, 0.05) is 13.0 Å². The number of carbonyl (C=O) groups excluding carboxylic acids is 2. The molecule has 1 saturated heterocycles. The van der Waals surface area contributed by atoms with Gasteiger partial charge in [-0.1, -0.05) is 64.8 Å². The van der Waals surface area contributed by atoms with E-state index in [0.29, 0.717) is 28.6 Å². The van der Waals surface area contributed by atoms with Crippen molar-refractivity contribution in [3.63, 3.8) is 0 Å². The first-order chi connectivity index (χ1) is 24.0. The van der Waals surface area contributed by atoms with Crippen molar-refractivity contribution in [1.82, 2.24) is 19.7 Å². The standard InChI is InChI=1S/C19H20N2O5S.C15H18N2O5S/c1-2-3-14-26-21(27(24,25)17-12-8-5-9-13-17)18(19(22)20-23)15-16-10-6-4-7-11-16;1-2-3-11-22-12-6-8-13(9-7-12)23(20,21)17-10-4-5-14(17)15(18)16-19/h4-13,18,23H,14-15H2,1H3,(H,20,22);6-9,14,19H,4-5,10-11H2,1H3,(H,16,18). The Morgan fingerprint density at radius 2 is 1.46 bits per heavy atom. The first kappa shape index (κ1) is 39.7. The van der Waals surface area contributed by atoms with Gasteiger partial charge in [-0.15, -0.1) is 11.8 Å². The van der Waals surface area contributed by atoms with Crippen LogP contribution in [0.4, 0.5) is 0 Å². The molecule has 4 N–H and O–H groups in total. The van der Waals surface area contributed by atoms with Crippen LogP contribution in [-0.4, -0.2) is 79.7 Å². The van der Waals surface area contributed by atoms with Crippen LogP contribution in [0.15, 0.2) is 94.7 Å². The van der Waals surface area contributed by atoms with Crippen molar-refractivity contribution in [2.75, 3.05) is 19.8 Å². The van der Waals surface area contributed by atoms with Crippen LogP contribution in [0.1, 0.15) is 32.3 Å². The van der Waals surface area contributed by atoms with Gasteiger partial charge in [0.1, 0.15) is 31.0 Å². The van der Waals surface area contributed by atoms with Crippen molar-refractivity contribution in [2.45, 2.75) is 55.0 Å². The van der Waals surface area contributed by atoms with E-state index in [1.54, 1.807) is 74.5 Å². The Labute approximate surface area is 292 Å². The lowest BCUT2D eigenvalue weighted by atomic mass is 10.1. The lowest BCUT2D eigenvalue weighted by Crippen LogP contribution is -2.50. The Morgan fingerprint density at radius 3 is 2.04 bits per heavy atom. The predicted molar refractivity (Wildman–Crippen MR) is 181 cm³/mol.